The summed E-state index contributed by atoms with van der Waals surface area (Å²) in [6.45, 7) is 5.14. The molecular weight excluding hydrogens is 302 g/mol. The van der Waals surface area contributed by atoms with Gasteiger partial charge in [0.2, 0.25) is 0 Å². The molecule has 1 aliphatic rings. The Morgan fingerprint density at radius 3 is 2.71 bits per heavy atom. The fourth-order valence-corrected chi connectivity index (χ4v) is 2.90. The number of aromatic nitrogens is 2. The second-order valence-electron chi connectivity index (χ2n) is 6.06. The second-order valence-corrected chi connectivity index (χ2v) is 6.06. The molecule has 3 rings (SSSR count). The minimum Gasteiger partial charge on any atom is -0.354 e. The molecule has 6 heteroatoms. The third-order valence-electron chi connectivity index (χ3n) is 4.52. The van der Waals surface area contributed by atoms with Gasteiger partial charge in [0.15, 0.2) is 11.5 Å². The molecule has 1 aromatic carbocycles. The Kier molecular flexibility index (Phi) is 5.05. The molecule has 1 N–H and O–H groups in total. The van der Waals surface area contributed by atoms with Gasteiger partial charge >= 0.3 is 0 Å². The van der Waals surface area contributed by atoms with Crippen molar-refractivity contribution in [2.75, 3.05) is 36.9 Å². The van der Waals surface area contributed by atoms with E-state index in [9.17, 15) is 4.79 Å². The van der Waals surface area contributed by atoms with E-state index in [0.717, 1.165) is 37.6 Å². The Labute approximate surface area is 142 Å². The summed E-state index contributed by atoms with van der Waals surface area (Å²) < 4.78 is 0. The fourth-order valence-electron chi connectivity index (χ4n) is 2.90. The lowest BCUT2D eigenvalue weighted by Gasteiger charge is -2.23. The summed E-state index contributed by atoms with van der Waals surface area (Å²) in [5, 5.41) is 11.1. The number of likely N-dealkylation sites (N-methyl/N-ethyl adjacent to an activating group) is 1. The molecule has 1 amide bonds. The van der Waals surface area contributed by atoms with Crippen LogP contribution in [0.4, 0.5) is 11.5 Å². The average Bonchev–Trinajstić information content (AvgIpc) is 3.12. The first kappa shape index (κ1) is 16.4. The van der Waals surface area contributed by atoms with Crippen LogP contribution in [0, 0.1) is 0 Å². The van der Waals surface area contributed by atoms with Gasteiger partial charge < -0.3 is 15.1 Å². The van der Waals surface area contributed by atoms with Crippen LogP contribution in [0.5, 0.6) is 0 Å². The number of rotatable bonds is 5. The van der Waals surface area contributed by atoms with Crippen molar-refractivity contribution in [1.29, 1.82) is 0 Å². The fraction of sp³-hybridized carbons (Fsp3) is 0.389. The van der Waals surface area contributed by atoms with Crippen molar-refractivity contribution in [1.82, 2.24) is 15.1 Å². The molecule has 2 heterocycles. The molecular formula is C18H23N5O. The predicted octanol–water partition coefficient (Wildman–Crippen LogP) is 2.26. The molecule has 1 unspecified atom stereocenters. The second kappa shape index (κ2) is 7.40. The van der Waals surface area contributed by atoms with Crippen LogP contribution in [0.25, 0.3) is 0 Å². The van der Waals surface area contributed by atoms with Gasteiger partial charge in [0.25, 0.3) is 5.91 Å². The quantitative estimate of drug-likeness (QED) is 0.914. The number of benzene rings is 1. The van der Waals surface area contributed by atoms with Gasteiger partial charge in [-0.3, -0.25) is 4.79 Å². The molecule has 1 aliphatic heterocycles. The van der Waals surface area contributed by atoms with E-state index >= 15 is 0 Å². The summed E-state index contributed by atoms with van der Waals surface area (Å²) in [4.78, 5) is 16.8. The third-order valence-corrected chi connectivity index (χ3v) is 4.52. The molecule has 6 nitrogen and oxygen atoms in total. The lowest BCUT2D eigenvalue weighted by Crippen LogP contribution is -2.34. The summed E-state index contributed by atoms with van der Waals surface area (Å²) in [5.74, 6) is 0.587. The zero-order valence-electron chi connectivity index (χ0n) is 14.1. The number of hydrogen-bond acceptors (Lipinski definition) is 5. The Bertz CT molecular complexity index is 674. The number of hydrogen-bond donors (Lipinski definition) is 1. The van der Waals surface area contributed by atoms with Crippen LogP contribution in [0.3, 0.4) is 0 Å². The van der Waals surface area contributed by atoms with Crippen LogP contribution in [0.15, 0.2) is 42.5 Å². The van der Waals surface area contributed by atoms with Gasteiger partial charge in [0.05, 0.1) is 0 Å². The van der Waals surface area contributed by atoms with E-state index in [1.165, 1.54) is 0 Å². The highest BCUT2D eigenvalue weighted by atomic mass is 16.1. The first-order valence-corrected chi connectivity index (χ1v) is 8.32. The minimum absolute atomic E-state index is 0.245. The maximum Gasteiger partial charge on any atom is 0.276 e. The molecule has 1 atom stereocenters. The van der Waals surface area contributed by atoms with E-state index in [2.05, 4.69) is 39.3 Å². The first-order valence-electron chi connectivity index (χ1n) is 8.32. The van der Waals surface area contributed by atoms with E-state index in [0.29, 0.717) is 11.7 Å². The number of carbonyl (C=O) groups excluding carboxylic acids is 1. The summed E-state index contributed by atoms with van der Waals surface area (Å²) in [6, 6.07) is 13.5. The molecule has 1 saturated heterocycles. The topological polar surface area (TPSA) is 61.4 Å². The van der Waals surface area contributed by atoms with Crippen molar-refractivity contribution in [2.24, 2.45) is 0 Å². The number of nitrogens with one attached hydrogen (secondary N) is 1. The first-order chi connectivity index (χ1) is 11.7. The normalized spacial score (nSPS) is 17.3. The van der Waals surface area contributed by atoms with Crippen molar-refractivity contribution in [2.45, 2.75) is 19.4 Å². The highest BCUT2D eigenvalue weighted by molar-refractivity contribution is 6.02. The molecule has 0 spiro atoms. The van der Waals surface area contributed by atoms with Gasteiger partial charge in [-0.05, 0) is 44.3 Å². The van der Waals surface area contributed by atoms with E-state index < -0.39 is 0 Å². The summed E-state index contributed by atoms with van der Waals surface area (Å²) in [5.41, 5.74) is 1.07. The summed E-state index contributed by atoms with van der Waals surface area (Å²) in [6.07, 6.45) is 1.13. The smallest absolute Gasteiger partial charge is 0.276 e. The highest BCUT2D eigenvalue weighted by Gasteiger charge is 2.26. The maximum absolute atomic E-state index is 12.2. The van der Waals surface area contributed by atoms with Gasteiger partial charge in [0.1, 0.15) is 0 Å². The molecule has 0 radical (unpaired) electrons. The summed E-state index contributed by atoms with van der Waals surface area (Å²) >= 11 is 0. The predicted molar refractivity (Wildman–Crippen MR) is 95.3 cm³/mol. The SMILES string of the molecule is CCN(C)C1CCN(c2ccc(C(=O)Nc3ccccc3)nn2)C1. The third kappa shape index (κ3) is 3.71. The minimum atomic E-state index is -0.245. The number of anilines is 2. The average molecular weight is 325 g/mol. The molecule has 0 bridgehead atoms. The van der Waals surface area contributed by atoms with Crippen LogP contribution in [0.1, 0.15) is 23.8 Å². The van der Waals surface area contributed by atoms with E-state index in [1.807, 2.05) is 36.4 Å². The van der Waals surface area contributed by atoms with Crippen LogP contribution in [-0.4, -0.2) is 53.7 Å². The highest BCUT2D eigenvalue weighted by Crippen LogP contribution is 2.20. The maximum atomic E-state index is 12.2. The van der Waals surface area contributed by atoms with E-state index in [4.69, 9.17) is 0 Å². The van der Waals surface area contributed by atoms with Gasteiger partial charge in [-0.2, -0.15) is 0 Å². The monoisotopic (exact) mass is 325 g/mol. The number of para-hydroxylation sites is 1. The van der Waals surface area contributed by atoms with E-state index in [-0.39, 0.29) is 5.91 Å². The standard InChI is InChI=1S/C18H23N5O/c1-3-22(2)15-11-12-23(13-15)17-10-9-16(20-21-17)18(24)19-14-7-5-4-6-8-14/h4-10,15H,3,11-13H2,1-2H3,(H,19,24). The van der Waals surface area contributed by atoms with Crippen LogP contribution < -0.4 is 10.2 Å². The summed E-state index contributed by atoms with van der Waals surface area (Å²) in [7, 11) is 2.15. The number of nitrogens with zero attached hydrogens (tertiary/aromatic N) is 4. The van der Waals surface area contributed by atoms with E-state index in [1.54, 1.807) is 6.07 Å². The van der Waals surface area contributed by atoms with Crippen molar-refractivity contribution in [3.05, 3.63) is 48.2 Å². The van der Waals surface area contributed by atoms with Gasteiger partial charge in [-0.15, -0.1) is 10.2 Å². The van der Waals surface area contributed by atoms with Crippen LogP contribution in [0.2, 0.25) is 0 Å². The molecule has 126 valence electrons. The zero-order chi connectivity index (χ0) is 16.9. The zero-order valence-corrected chi connectivity index (χ0v) is 14.1. The van der Waals surface area contributed by atoms with Crippen molar-refractivity contribution < 1.29 is 4.79 Å². The lowest BCUT2D eigenvalue weighted by molar-refractivity contribution is 0.102. The largest absolute Gasteiger partial charge is 0.354 e. The molecule has 1 aromatic heterocycles. The molecule has 24 heavy (non-hydrogen) atoms. The number of carbonyl (C=O) groups is 1. The molecule has 0 saturated carbocycles. The van der Waals surface area contributed by atoms with Gasteiger partial charge in [-0.1, -0.05) is 25.1 Å². The Balaban J connectivity index is 1.62. The Hall–Kier alpha value is -2.47. The molecule has 1 fully saturated rings. The Morgan fingerprint density at radius 1 is 1.25 bits per heavy atom. The van der Waals surface area contributed by atoms with Gasteiger partial charge in [-0.25, -0.2) is 0 Å². The van der Waals surface area contributed by atoms with Crippen molar-refractivity contribution >= 4 is 17.4 Å². The Morgan fingerprint density at radius 2 is 2.04 bits per heavy atom. The van der Waals surface area contributed by atoms with Crippen molar-refractivity contribution in [3.63, 3.8) is 0 Å². The van der Waals surface area contributed by atoms with Gasteiger partial charge in [0, 0.05) is 24.8 Å². The lowest BCUT2D eigenvalue weighted by atomic mass is 10.2. The van der Waals surface area contributed by atoms with Crippen LogP contribution >= 0.6 is 0 Å². The molecule has 2 aromatic rings. The van der Waals surface area contributed by atoms with Crippen LogP contribution in [-0.2, 0) is 0 Å². The molecule has 0 aliphatic carbocycles. The number of amides is 1. The van der Waals surface area contributed by atoms with Crippen molar-refractivity contribution in [3.8, 4) is 0 Å².